The van der Waals surface area contributed by atoms with Gasteiger partial charge in [-0.25, -0.2) is 0 Å². The van der Waals surface area contributed by atoms with Crippen molar-refractivity contribution in [1.82, 2.24) is 15.5 Å². The Morgan fingerprint density at radius 3 is 2.28 bits per heavy atom. The van der Waals surface area contributed by atoms with Crippen molar-refractivity contribution in [2.24, 2.45) is 5.92 Å². The topological polar surface area (TPSA) is 102 Å². The molecule has 0 bridgehead atoms. The van der Waals surface area contributed by atoms with Crippen molar-refractivity contribution in [3.05, 3.63) is 35.9 Å². The number of hydrogen-bond acceptors (Lipinski definition) is 6. The standard InChI is InChI=1S/C21H35N3O4S/c1-14(2)22-19(27)20(29)24(5)13-17(25)12-16(18(26)23-21(3,4)28)11-15-9-7-6-8-10-15/h6-10,14,16-17,20,25,28-29H,11-13H2,1-5H3,(H,22,27)(H,23,26). The molecule has 0 saturated carbocycles. The third kappa shape index (κ3) is 10.1. The molecule has 8 heteroatoms. The number of thiol groups is 1. The fraction of sp³-hybridized carbons (Fsp3) is 0.619. The molecule has 0 spiro atoms. The lowest BCUT2D eigenvalue weighted by molar-refractivity contribution is -0.132. The van der Waals surface area contributed by atoms with Gasteiger partial charge in [-0.2, -0.15) is 12.6 Å². The minimum atomic E-state index is -1.35. The molecule has 0 fully saturated rings. The molecule has 0 aliphatic heterocycles. The minimum Gasteiger partial charge on any atom is -0.392 e. The van der Waals surface area contributed by atoms with E-state index in [4.69, 9.17) is 0 Å². The van der Waals surface area contributed by atoms with E-state index in [2.05, 4.69) is 23.3 Å². The Morgan fingerprint density at radius 2 is 1.76 bits per heavy atom. The molecule has 164 valence electrons. The van der Waals surface area contributed by atoms with Gasteiger partial charge in [-0.3, -0.25) is 14.5 Å². The van der Waals surface area contributed by atoms with Crippen molar-refractivity contribution >= 4 is 24.4 Å². The van der Waals surface area contributed by atoms with Gasteiger partial charge < -0.3 is 20.8 Å². The van der Waals surface area contributed by atoms with E-state index in [0.717, 1.165) is 5.56 Å². The lowest BCUT2D eigenvalue weighted by Gasteiger charge is -2.29. The molecule has 4 N–H and O–H groups in total. The van der Waals surface area contributed by atoms with Gasteiger partial charge >= 0.3 is 0 Å². The first kappa shape index (κ1) is 25.4. The summed E-state index contributed by atoms with van der Waals surface area (Å²) in [5.41, 5.74) is -0.383. The van der Waals surface area contributed by atoms with Gasteiger partial charge in [0.2, 0.25) is 11.8 Å². The van der Waals surface area contributed by atoms with Gasteiger partial charge in [-0.05, 0) is 53.1 Å². The van der Waals surface area contributed by atoms with Gasteiger partial charge in [0.25, 0.3) is 0 Å². The number of carbonyl (C=O) groups is 2. The van der Waals surface area contributed by atoms with Crippen LogP contribution in [0.1, 0.15) is 39.7 Å². The molecule has 29 heavy (non-hydrogen) atoms. The van der Waals surface area contributed by atoms with E-state index in [1.807, 2.05) is 44.2 Å². The van der Waals surface area contributed by atoms with Crippen LogP contribution in [0.15, 0.2) is 30.3 Å². The maximum Gasteiger partial charge on any atom is 0.247 e. The van der Waals surface area contributed by atoms with Gasteiger partial charge in [0.05, 0.1) is 6.10 Å². The molecule has 3 unspecified atom stereocenters. The molecular weight excluding hydrogens is 390 g/mol. The van der Waals surface area contributed by atoms with Crippen molar-refractivity contribution in [3.8, 4) is 0 Å². The Bertz CT molecular complexity index is 649. The first-order chi connectivity index (χ1) is 13.4. The summed E-state index contributed by atoms with van der Waals surface area (Å²) in [7, 11) is 1.70. The summed E-state index contributed by atoms with van der Waals surface area (Å²) in [6.07, 6.45) is -0.225. The average molecular weight is 426 g/mol. The Morgan fingerprint density at radius 1 is 1.17 bits per heavy atom. The van der Waals surface area contributed by atoms with Crippen molar-refractivity contribution in [1.29, 1.82) is 0 Å². The Labute approximate surface area is 179 Å². The maximum absolute atomic E-state index is 12.7. The molecule has 1 aromatic rings. The summed E-state index contributed by atoms with van der Waals surface area (Å²) >= 11 is 4.33. The second-order valence-corrected chi connectivity index (χ2v) is 8.79. The summed E-state index contributed by atoms with van der Waals surface area (Å²) in [4.78, 5) is 26.4. The highest BCUT2D eigenvalue weighted by Gasteiger charge is 2.28. The van der Waals surface area contributed by atoms with Crippen LogP contribution in [0.2, 0.25) is 0 Å². The third-order valence-corrected chi connectivity index (χ3v) is 4.89. The third-order valence-electron chi connectivity index (χ3n) is 4.26. The minimum absolute atomic E-state index is 0.00346. The number of aliphatic hydroxyl groups excluding tert-OH is 1. The van der Waals surface area contributed by atoms with E-state index in [9.17, 15) is 19.8 Å². The van der Waals surface area contributed by atoms with Crippen LogP contribution in [0.3, 0.4) is 0 Å². The summed E-state index contributed by atoms with van der Waals surface area (Å²) in [6, 6.07) is 9.52. The number of rotatable bonds is 11. The van der Waals surface area contributed by atoms with Crippen LogP contribution in [0.5, 0.6) is 0 Å². The second kappa shape index (κ2) is 11.5. The Kier molecular flexibility index (Phi) is 10.1. The van der Waals surface area contributed by atoms with Gasteiger partial charge in [0, 0.05) is 18.5 Å². The van der Waals surface area contributed by atoms with Gasteiger partial charge in [-0.1, -0.05) is 30.3 Å². The average Bonchev–Trinajstić information content (AvgIpc) is 2.59. The number of nitrogens with one attached hydrogen (secondary N) is 2. The second-order valence-electron chi connectivity index (χ2n) is 8.30. The van der Waals surface area contributed by atoms with E-state index in [1.54, 1.807) is 11.9 Å². The van der Waals surface area contributed by atoms with E-state index >= 15 is 0 Å². The van der Waals surface area contributed by atoms with Crippen LogP contribution in [-0.2, 0) is 16.0 Å². The zero-order chi connectivity index (χ0) is 22.2. The van der Waals surface area contributed by atoms with Gasteiger partial charge in [-0.15, -0.1) is 0 Å². The van der Waals surface area contributed by atoms with Crippen LogP contribution >= 0.6 is 12.6 Å². The Balaban J connectivity index is 2.78. The predicted octanol–water partition coefficient (Wildman–Crippen LogP) is 1.15. The summed E-state index contributed by atoms with van der Waals surface area (Å²) in [5.74, 6) is -1.10. The highest BCUT2D eigenvalue weighted by atomic mass is 32.1. The van der Waals surface area contributed by atoms with E-state index in [0.29, 0.717) is 6.42 Å². The summed E-state index contributed by atoms with van der Waals surface area (Å²) in [6.45, 7) is 6.90. The highest BCUT2D eigenvalue weighted by Crippen LogP contribution is 2.17. The maximum atomic E-state index is 12.7. The zero-order valence-corrected chi connectivity index (χ0v) is 18.8. The number of aliphatic hydroxyl groups is 2. The first-order valence-electron chi connectivity index (χ1n) is 9.84. The van der Waals surface area contributed by atoms with E-state index in [1.165, 1.54) is 13.8 Å². The number of likely N-dealkylation sites (N-methyl/N-ethyl adjacent to an activating group) is 1. The molecule has 0 radical (unpaired) electrons. The molecule has 1 aromatic carbocycles. The summed E-state index contributed by atoms with van der Waals surface area (Å²) in [5, 5.41) is 25.2. The number of benzene rings is 1. The molecule has 3 atom stereocenters. The lowest BCUT2D eigenvalue weighted by Crippen LogP contribution is -2.48. The highest BCUT2D eigenvalue weighted by molar-refractivity contribution is 7.81. The van der Waals surface area contributed by atoms with Gasteiger partial charge in [0.15, 0.2) is 0 Å². The largest absolute Gasteiger partial charge is 0.392 e. The van der Waals surface area contributed by atoms with Crippen molar-refractivity contribution < 1.29 is 19.8 Å². The van der Waals surface area contributed by atoms with Crippen LogP contribution in [0.4, 0.5) is 0 Å². The fourth-order valence-electron chi connectivity index (χ4n) is 2.98. The first-order valence-corrected chi connectivity index (χ1v) is 10.4. The normalized spacial score (nSPS) is 15.1. The molecule has 0 aliphatic carbocycles. The Hall–Kier alpha value is -1.61. The predicted molar refractivity (Wildman–Crippen MR) is 117 cm³/mol. The van der Waals surface area contributed by atoms with E-state index < -0.39 is 23.1 Å². The number of hydrogen-bond donors (Lipinski definition) is 5. The quantitative estimate of drug-likeness (QED) is 0.270. The van der Waals surface area contributed by atoms with Crippen LogP contribution in [0, 0.1) is 5.92 Å². The van der Waals surface area contributed by atoms with Crippen LogP contribution in [0.25, 0.3) is 0 Å². The van der Waals surface area contributed by atoms with E-state index in [-0.39, 0.29) is 30.8 Å². The smallest absolute Gasteiger partial charge is 0.247 e. The summed E-state index contributed by atoms with van der Waals surface area (Å²) < 4.78 is 0. The SMILES string of the molecule is CC(C)NC(=O)C(S)N(C)CC(O)CC(Cc1ccccc1)C(=O)NC(C)(C)O. The molecule has 7 nitrogen and oxygen atoms in total. The molecule has 0 aliphatic rings. The van der Waals surface area contributed by atoms with Gasteiger partial charge in [0.1, 0.15) is 11.1 Å². The molecular formula is C21H35N3O4S. The van der Waals surface area contributed by atoms with Crippen molar-refractivity contribution in [3.63, 3.8) is 0 Å². The van der Waals surface area contributed by atoms with Crippen LogP contribution in [-0.4, -0.2) is 63.8 Å². The number of carbonyl (C=O) groups excluding carboxylic acids is 2. The monoisotopic (exact) mass is 425 g/mol. The van der Waals surface area contributed by atoms with Crippen molar-refractivity contribution in [2.45, 2.75) is 63.8 Å². The molecule has 0 heterocycles. The fourth-order valence-corrected chi connectivity index (χ4v) is 3.15. The van der Waals surface area contributed by atoms with Crippen molar-refractivity contribution in [2.75, 3.05) is 13.6 Å². The zero-order valence-electron chi connectivity index (χ0n) is 17.9. The molecule has 2 amide bonds. The van der Waals surface area contributed by atoms with Crippen LogP contribution < -0.4 is 10.6 Å². The molecule has 0 aromatic heterocycles. The molecule has 1 rings (SSSR count). The number of nitrogens with zero attached hydrogens (tertiary/aromatic N) is 1. The molecule has 0 saturated heterocycles. The number of amides is 2. The lowest BCUT2D eigenvalue weighted by atomic mass is 9.92.